The Labute approximate surface area is 143 Å². The molecule has 20 heavy (non-hydrogen) atoms. The Balaban J connectivity index is 0.000000246. The third-order valence-electron chi connectivity index (χ3n) is 3.45. The van der Waals surface area contributed by atoms with E-state index in [1.54, 1.807) is 7.76 Å². The molecule has 110 valence electrons. The molecule has 0 saturated heterocycles. The molecule has 0 radical (unpaired) electrons. The van der Waals surface area contributed by atoms with Gasteiger partial charge in [-0.3, -0.25) is 0 Å². The van der Waals surface area contributed by atoms with E-state index in [2.05, 4.69) is 38.2 Å². The van der Waals surface area contributed by atoms with Crippen LogP contribution >= 0.6 is 22.2 Å². The van der Waals surface area contributed by atoms with Crippen molar-refractivity contribution >= 4 is 28.9 Å². The molecule has 2 aliphatic rings. The molecule has 0 bridgehead atoms. The number of allylic oxidation sites excluding steroid dienone is 8. The predicted molar refractivity (Wildman–Crippen MR) is 91.3 cm³/mol. The Morgan fingerprint density at radius 3 is 1.55 bits per heavy atom. The van der Waals surface area contributed by atoms with Crippen molar-refractivity contribution in [2.75, 3.05) is 0 Å². The quantitative estimate of drug-likeness (QED) is 0.396. The zero-order chi connectivity index (χ0) is 15.2. The van der Waals surface area contributed by atoms with Gasteiger partial charge >= 0.3 is 89.0 Å². The molecular weight excluding hydrogens is 339 g/mol. The van der Waals surface area contributed by atoms with Crippen LogP contribution < -0.4 is 0 Å². The summed E-state index contributed by atoms with van der Waals surface area (Å²) < 4.78 is 3.40. The van der Waals surface area contributed by atoms with E-state index in [-0.39, 0.29) is 19.2 Å². The smallest absolute Gasteiger partial charge is 0.146 e. The van der Waals surface area contributed by atoms with Crippen LogP contribution in [0.4, 0.5) is 0 Å². The Bertz CT molecular complexity index is 419. The molecule has 0 aliphatic heterocycles. The number of hydrogen-bond acceptors (Lipinski definition) is 0. The maximum Gasteiger partial charge on any atom is 0.250 e. The maximum absolute atomic E-state index is 5.81. The molecule has 0 saturated carbocycles. The first kappa shape index (κ1) is 18.5. The van der Waals surface area contributed by atoms with Gasteiger partial charge in [-0.05, 0) is 12.1 Å². The summed E-state index contributed by atoms with van der Waals surface area (Å²) in [5.74, 6) is 0. The van der Waals surface area contributed by atoms with Crippen LogP contribution in [0.25, 0.3) is 0 Å². The molecule has 0 N–H and O–H groups in total. The van der Waals surface area contributed by atoms with Crippen molar-refractivity contribution in [2.24, 2.45) is 0 Å². The summed E-state index contributed by atoms with van der Waals surface area (Å²) in [5.41, 5.74) is 2.92. The molecule has 0 aromatic rings. The van der Waals surface area contributed by atoms with E-state index < -0.39 is 6.69 Å². The SMILES string of the molecule is CC1=CC[C]([Ti][C]2=CC(C)=CC2)=C1.CC[Si](Cl)(Cl)CC. The maximum atomic E-state index is 5.81. The normalized spacial score (nSPS) is 17.7. The van der Waals surface area contributed by atoms with Gasteiger partial charge in [0.2, 0.25) is 0 Å². The van der Waals surface area contributed by atoms with Crippen LogP contribution in [0.5, 0.6) is 0 Å². The summed E-state index contributed by atoms with van der Waals surface area (Å²) >= 11 is 11.7. The average molecular weight is 363 g/mol. The monoisotopic (exact) mass is 362 g/mol. The molecule has 0 aromatic heterocycles. The summed E-state index contributed by atoms with van der Waals surface area (Å²) in [6, 6.07) is 1.93. The largest absolute Gasteiger partial charge is 0.250 e. The first-order valence-electron chi connectivity index (χ1n) is 7.25. The van der Waals surface area contributed by atoms with Crippen LogP contribution in [0.1, 0.15) is 40.5 Å². The molecule has 0 nitrogen and oxygen atoms in total. The van der Waals surface area contributed by atoms with E-state index in [4.69, 9.17) is 22.2 Å². The molecule has 0 atom stereocenters. The molecule has 0 aromatic carbocycles. The van der Waals surface area contributed by atoms with Crippen LogP contribution in [0.3, 0.4) is 0 Å². The zero-order valence-electron chi connectivity index (χ0n) is 12.9. The van der Waals surface area contributed by atoms with Crippen molar-refractivity contribution in [1.82, 2.24) is 0 Å². The van der Waals surface area contributed by atoms with Gasteiger partial charge in [0.15, 0.2) is 0 Å². The van der Waals surface area contributed by atoms with Gasteiger partial charge in [-0.15, -0.1) is 22.2 Å². The van der Waals surface area contributed by atoms with Crippen LogP contribution in [0, 0.1) is 0 Å². The van der Waals surface area contributed by atoms with Crippen LogP contribution in [0.2, 0.25) is 12.1 Å². The Hall–Kier alpha value is 0.471. The molecule has 0 fully saturated rings. The average Bonchev–Trinajstić information content (AvgIpc) is 3.00. The summed E-state index contributed by atoms with van der Waals surface area (Å²) in [7, 11) is 0. The van der Waals surface area contributed by atoms with Gasteiger partial charge in [0.1, 0.15) is 0 Å². The summed E-state index contributed by atoms with van der Waals surface area (Å²) in [6.07, 6.45) is 11.9. The minimum Gasteiger partial charge on any atom is -0.146 e. The number of rotatable bonds is 4. The fraction of sp³-hybridized carbons (Fsp3) is 0.500. The summed E-state index contributed by atoms with van der Waals surface area (Å²) in [5, 5.41) is 0. The van der Waals surface area contributed by atoms with Gasteiger partial charge in [-0.25, -0.2) is 0 Å². The third kappa shape index (κ3) is 6.96. The molecular formula is C16H24Cl2SiTi. The Morgan fingerprint density at radius 1 is 0.950 bits per heavy atom. The van der Waals surface area contributed by atoms with Crippen molar-refractivity contribution in [1.29, 1.82) is 0 Å². The fourth-order valence-corrected chi connectivity index (χ4v) is 4.68. The molecule has 2 aliphatic carbocycles. The van der Waals surface area contributed by atoms with E-state index in [9.17, 15) is 0 Å². The fourth-order valence-electron chi connectivity index (χ4n) is 1.96. The minimum atomic E-state index is -1.71. The van der Waals surface area contributed by atoms with Crippen molar-refractivity contribution in [2.45, 2.75) is 52.6 Å². The molecule has 0 spiro atoms. The van der Waals surface area contributed by atoms with Crippen LogP contribution in [-0.4, -0.2) is 6.69 Å². The van der Waals surface area contributed by atoms with Gasteiger partial charge in [-0.2, -0.15) is 0 Å². The van der Waals surface area contributed by atoms with Crippen molar-refractivity contribution < 1.29 is 19.2 Å². The van der Waals surface area contributed by atoms with Gasteiger partial charge < -0.3 is 0 Å². The molecule has 0 heterocycles. The second kappa shape index (κ2) is 8.80. The van der Waals surface area contributed by atoms with Crippen molar-refractivity contribution in [3.05, 3.63) is 43.2 Å². The molecule has 2 rings (SSSR count). The van der Waals surface area contributed by atoms with Gasteiger partial charge in [0, 0.05) is 0 Å². The van der Waals surface area contributed by atoms with E-state index >= 15 is 0 Å². The topological polar surface area (TPSA) is 0 Å². The Morgan fingerprint density at radius 2 is 1.35 bits per heavy atom. The third-order valence-corrected chi connectivity index (χ3v) is 10.8. The predicted octanol–water partition coefficient (Wildman–Crippen LogP) is 6.48. The molecule has 0 unspecified atom stereocenters. The summed E-state index contributed by atoms with van der Waals surface area (Å²) in [6.45, 7) is 6.77. The molecule has 4 heteroatoms. The standard InChI is InChI=1S/2C6H7.C4H10Cl2Si.Ti/c2*1-6-4-2-3-5-6;1-3-7(5,6)4-2;/h2*4-5H,2H2,1H3;3-4H2,1-2H3;. The van der Waals surface area contributed by atoms with E-state index in [1.165, 1.54) is 24.0 Å². The van der Waals surface area contributed by atoms with E-state index in [0.29, 0.717) is 0 Å². The molecule has 0 amide bonds. The van der Waals surface area contributed by atoms with E-state index in [0.717, 1.165) is 12.1 Å². The minimum absolute atomic E-state index is 0.0450. The van der Waals surface area contributed by atoms with Gasteiger partial charge in [0.25, 0.3) is 6.69 Å². The Kier molecular flexibility index (Phi) is 8.15. The number of hydrogen-bond donors (Lipinski definition) is 0. The van der Waals surface area contributed by atoms with Crippen molar-refractivity contribution in [3.63, 3.8) is 0 Å². The van der Waals surface area contributed by atoms with Gasteiger partial charge in [-0.1, -0.05) is 13.8 Å². The van der Waals surface area contributed by atoms with Crippen molar-refractivity contribution in [3.8, 4) is 0 Å². The zero-order valence-corrected chi connectivity index (χ0v) is 17.0. The second-order valence-electron chi connectivity index (χ2n) is 5.33. The van der Waals surface area contributed by atoms with Gasteiger partial charge in [0.05, 0.1) is 0 Å². The van der Waals surface area contributed by atoms with Crippen LogP contribution in [0.15, 0.2) is 43.2 Å². The number of halogens is 2. The van der Waals surface area contributed by atoms with E-state index in [1.807, 2.05) is 13.8 Å². The first-order valence-corrected chi connectivity index (χ1v) is 13.3. The van der Waals surface area contributed by atoms with Crippen LogP contribution in [-0.2, 0) is 19.2 Å². The summed E-state index contributed by atoms with van der Waals surface area (Å²) in [4.78, 5) is 0. The second-order valence-corrected chi connectivity index (χ2v) is 15.8. The first-order chi connectivity index (χ1) is 9.36.